The predicted octanol–water partition coefficient (Wildman–Crippen LogP) is 1.56. The van der Waals surface area contributed by atoms with E-state index >= 15 is 0 Å². The number of anilines is 1. The quantitative estimate of drug-likeness (QED) is 0.599. The first-order chi connectivity index (χ1) is 9.65. The highest BCUT2D eigenvalue weighted by Crippen LogP contribution is 2.14. The van der Waals surface area contributed by atoms with E-state index in [4.69, 9.17) is 15.6 Å². The van der Waals surface area contributed by atoms with Gasteiger partial charge in [-0.2, -0.15) is 0 Å². The molecule has 0 saturated heterocycles. The molecule has 0 aliphatic heterocycles. The molecule has 5 heteroatoms. The van der Waals surface area contributed by atoms with E-state index in [0.29, 0.717) is 30.3 Å². The molecule has 0 aliphatic rings. The molecule has 5 nitrogen and oxygen atoms in total. The number of nitrogen functional groups attached to an aromatic ring is 1. The van der Waals surface area contributed by atoms with Crippen LogP contribution < -0.4 is 15.8 Å². The minimum absolute atomic E-state index is 0.0264. The summed E-state index contributed by atoms with van der Waals surface area (Å²) in [5, 5.41) is 11.8. The molecule has 0 saturated carbocycles. The van der Waals surface area contributed by atoms with Gasteiger partial charge in [-0.3, -0.25) is 4.79 Å². The average Bonchev–Trinajstić information content (AvgIpc) is 2.43. The van der Waals surface area contributed by atoms with E-state index in [1.807, 2.05) is 0 Å². The maximum Gasteiger partial charge on any atom is 0.257 e. The molecule has 0 aromatic heterocycles. The van der Waals surface area contributed by atoms with Crippen molar-refractivity contribution in [3.8, 4) is 5.75 Å². The van der Waals surface area contributed by atoms with Crippen LogP contribution in [0.2, 0.25) is 0 Å². The summed E-state index contributed by atoms with van der Waals surface area (Å²) in [4.78, 5) is 11.7. The Morgan fingerprint density at radius 1 is 1.45 bits per heavy atom. The summed E-state index contributed by atoms with van der Waals surface area (Å²) in [7, 11) is 0. The number of benzene rings is 1. The monoisotopic (exact) mass is 280 g/mol. The summed E-state index contributed by atoms with van der Waals surface area (Å²) >= 11 is 0. The second-order valence-electron chi connectivity index (χ2n) is 4.83. The SMILES string of the molecule is CCCC(CCO)CNC(=O)COc1cccc(N)c1. The van der Waals surface area contributed by atoms with E-state index in [0.717, 1.165) is 12.8 Å². The molecule has 0 radical (unpaired) electrons. The number of aliphatic hydroxyl groups is 1. The maximum absolute atomic E-state index is 11.7. The van der Waals surface area contributed by atoms with E-state index in [-0.39, 0.29) is 19.1 Å². The van der Waals surface area contributed by atoms with Crippen LogP contribution in [-0.4, -0.2) is 30.8 Å². The van der Waals surface area contributed by atoms with Crippen molar-refractivity contribution in [1.29, 1.82) is 0 Å². The second kappa shape index (κ2) is 9.20. The first-order valence-corrected chi connectivity index (χ1v) is 7.01. The molecule has 0 fully saturated rings. The topological polar surface area (TPSA) is 84.6 Å². The summed E-state index contributed by atoms with van der Waals surface area (Å²) in [5.41, 5.74) is 6.23. The van der Waals surface area contributed by atoms with Crippen molar-refractivity contribution < 1.29 is 14.6 Å². The standard InChI is InChI=1S/C15H24N2O3/c1-2-4-12(7-8-18)10-17-15(19)11-20-14-6-3-5-13(16)9-14/h3,5-6,9,12,18H,2,4,7-8,10-11,16H2,1H3,(H,17,19). The Hall–Kier alpha value is -1.75. The Balaban J connectivity index is 2.29. The highest BCUT2D eigenvalue weighted by molar-refractivity contribution is 5.77. The highest BCUT2D eigenvalue weighted by Gasteiger charge is 2.09. The van der Waals surface area contributed by atoms with Crippen molar-refractivity contribution in [3.05, 3.63) is 24.3 Å². The van der Waals surface area contributed by atoms with Crippen molar-refractivity contribution in [3.63, 3.8) is 0 Å². The lowest BCUT2D eigenvalue weighted by molar-refractivity contribution is -0.123. The molecule has 4 N–H and O–H groups in total. The Bertz CT molecular complexity index is 404. The Morgan fingerprint density at radius 2 is 2.25 bits per heavy atom. The van der Waals surface area contributed by atoms with Crippen LogP contribution in [0.15, 0.2) is 24.3 Å². The molecule has 1 rings (SSSR count). The van der Waals surface area contributed by atoms with Gasteiger partial charge in [0.1, 0.15) is 5.75 Å². The minimum Gasteiger partial charge on any atom is -0.484 e. The second-order valence-corrected chi connectivity index (χ2v) is 4.83. The van der Waals surface area contributed by atoms with Crippen LogP contribution in [0.5, 0.6) is 5.75 Å². The lowest BCUT2D eigenvalue weighted by atomic mass is 10.0. The number of hydrogen-bond donors (Lipinski definition) is 3. The van der Waals surface area contributed by atoms with Gasteiger partial charge in [0.05, 0.1) is 0 Å². The van der Waals surface area contributed by atoms with E-state index in [9.17, 15) is 4.79 Å². The summed E-state index contributed by atoms with van der Waals surface area (Å²) in [6, 6.07) is 6.98. The number of amides is 1. The smallest absolute Gasteiger partial charge is 0.257 e. The number of aliphatic hydroxyl groups excluding tert-OH is 1. The molecule has 0 aliphatic carbocycles. The van der Waals surface area contributed by atoms with Crippen molar-refractivity contribution in [2.75, 3.05) is 25.5 Å². The number of carbonyl (C=O) groups is 1. The fourth-order valence-corrected chi connectivity index (χ4v) is 2.00. The molecular weight excluding hydrogens is 256 g/mol. The number of hydrogen-bond acceptors (Lipinski definition) is 4. The van der Waals surface area contributed by atoms with Crippen LogP contribution in [0.25, 0.3) is 0 Å². The molecule has 112 valence electrons. The van der Waals surface area contributed by atoms with Crippen LogP contribution in [0.3, 0.4) is 0 Å². The van der Waals surface area contributed by atoms with Gasteiger partial charge in [-0.05, 0) is 30.9 Å². The lowest BCUT2D eigenvalue weighted by Gasteiger charge is -2.15. The van der Waals surface area contributed by atoms with Gasteiger partial charge in [0, 0.05) is 24.9 Å². The summed E-state index contributed by atoms with van der Waals surface area (Å²) in [6.07, 6.45) is 2.75. The fraction of sp³-hybridized carbons (Fsp3) is 0.533. The Kier molecular flexibility index (Phi) is 7.50. The van der Waals surface area contributed by atoms with Gasteiger partial charge in [-0.1, -0.05) is 19.4 Å². The van der Waals surface area contributed by atoms with E-state index in [1.165, 1.54) is 0 Å². The molecule has 20 heavy (non-hydrogen) atoms. The molecule has 1 aromatic carbocycles. The Morgan fingerprint density at radius 3 is 2.90 bits per heavy atom. The average molecular weight is 280 g/mol. The number of carbonyl (C=O) groups excluding carboxylic acids is 1. The fourth-order valence-electron chi connectivity index (χ4n) is 2.00. The van der Waals surface area contributed by atoms with Crippen LogP contribution in [0.1, 0.15) is 26.2 Å². The van der Waals surface area contributed by atoms with Gasteiger partial charge < -0.3 is 20.9 Å². The van der Waals surface area contributed by atoms with Gasteiger partial charge in [0.15, 0.2) is 6.61 Å². The predicted molar refractivity (Wildman–Crippen MR) is 79.5 cm³/mol. The number of ether oxygens (including phenoxy) is 1. The number of nitrogens with two attached hydrogens (primary N) is 1. The molecule has 1 atom stereocenters. The summed E-state index contributed by atoms with van der Waals surface area (Å²) < 4.78 is 5.36. The number of nitrogens with one attached hydrogen (secondary N) is 1. The number of rotatable bonds is 9. The third-order valence-electron chi connectivity index (χ3n) is 3.05. The van der Waals surface area contributed by atoms with Crippen molar-refractivity contribution in [1.82, 2.24) is 5.32 Å². The summed E-state index contributed by atoms with van der Waals surface area (Å²) in [5.74, 6) is 0.744. The molecular formula is C15H24N2O3. The first kappa shape index (κ1) is 16.3. The maximum atomic E-state index is 11.7. The first-order valence-electron chi connectivity index (χ1n) is 7.01. The van der Waals surface area contributed by atoms with Crippen LogP contribution in [0.4, 0.5) is 5.69 Å². The van der Waals surface area contributed by atoms with Crippen molar-refractivity contribution in [2.45, 2.75) is 26.2 Å². The van der Waals surface area contributed by atoms with E-state index in [1.54, 1.807) is 24.3 Å². The van der Waals surface area contributed by atoms with Gasteiger partial charge in [0.2, 0.25) is 0 Å². The van der Waals surface area contributed by atoms with Crippen LogP contribution >= 0.6 is 0 Å². The minimum atomic E-state index is -0.161. The van der Waals surface area contributed by atoms with E-state index in [2.05, 4.69) is 12.2 Å². The van der Waals surface area contributed by atoms with Crippen LogP contribution in [-0.2, 0) is 4.79 Å². The normalized spacial score (nSPS) is 11.9. The lowest BCUT2D eigenvalue weighted by Crippen LogP contribution is -2.33. The zero-order chi connectivity index (χ0) is 14.8. The van der Waals surface area contributed by atoms with E-state index < -0.39 is 0 Å². The highest BCUT2D eigenvalue weighted by atomic mass is 16.5. The van der Waals surface area contributed by atoms with Gasteiger partial charge in [-0.25, -0.2) is 0 Å². The summed E-state index contributed by atoms with van der Waals surface area (Å²) in [6.45, 7) is 2.80. The molecule has 1 aromatic rings. The largest absolute Gasteiger partial charge is 0.484 e. The zero-order valence-electron chi connectivity index (χ0n) is 12.0. The molecule has 0 spiro atoms. The molecule has 0 bridgehead atoms. The van der Waals surface area contributed by atoms with Crippen molar-refractivity contribution in [2.24, 2.45) is 5.92 Å². The molecule has 1 unspecified atom stereocenters. The third-order valence-corrected chi connectivity index (χ3v) is 3.05. The third kappa shape index (κ3) is 6.43. The van der Waals surface area contributed by atoms with Crippen molar-refractivity contribution >= 4 is 11.6 Å². The van der Waals surface area contributed by atoms with Gasteiger partial charge in [-0.15, -0.1) is 0 Å². The zero-order valence-corrected chi connectivity index (χ0v) is 12.0. The molecule has 1 amide bonds. The molecule has 0 heterocycles. The Labute approximate surface area is 120 Å². The van der Waals surface area contributed by atoms with Crippen LogP contribution in [0, 0.1) is 5.92 Å². The van der Waals surface area contributed by atoms with Gasteiger partial charge >= 0.3 is 0 Å². The van der Waals surface area contributed by atoms with Gasteiger partial charge in [0.25, 0.3) is 5.91 Å².